The Kier molecular flexibility index (Phi) is 7.19. The highest BCUT2D eigenvalue weighted by Crippen LogP contribution is 2.27. The van der Waals surface area contributed by atoms with E-state index in [0.717, 1.165) is 42.8 Å². The summed E-state index contributed by atoms with van der Waals surface area (Å²) >= 11 is 12.0. The highest BCUT2D eigenvalue weighted by Gasteiger charge is 2.26. The van der Waals surface area contributed by atoms with Crippen LogP contribution in [0.5, 0.6) is 0 Å². The Bertz CT molecular complexity index is 846. The van der Waals surface area contributed by atoms with E-state index in [1.165, 1.54) is 0 Å². The summed E-state index contributed by atoms with van der Waals surface area (Å²) in [6.45, 7) is 2.40. The fourth-order valence-electron chi connectivity index (χ4n) is 3.57. The number of halogens is 2. The van der Waals surface area contributed by atoms with E-state index in [1.807, 2.05) is 44.1 Å². The van der Waals surface area contributed by atoms with E-state index < -0.39 is 0 Å². The van der Waals surface area contributed by atoms with Gasteiger partial charge < -0.3 is 15.5 Å². The molecule has 0 radical (unpaired) electrons. The molecular formula is C21H27Cl2N5O. The maximum atomic E-state index is 12.5. The second kappa shape index (κ2) is 9.63. The average Bonchev–Trinajstić information content (AvgIpc) is 2.65. The minimum Gasteiger partial charge on any atom is -0.363 e. The Hall–Kier alpha value is -2.05. The number of nitrogens with zero attached hydrogens (tertiary/aromatic N) is 3. The molecule has 0 saturated heterocycles. The number of rotatable bonds is 6. The number of aryl methyl sites for hydroxylation is 1. The lowest BCUT2D eigenvalue weighted by molar-refractivity contribution is -0.126. The molecule has 8 heteroatoms. The molecule has 1 aromatic heterocycles. The minimum atomic E-state index is 0.0264. The first kappa shape index (κ1) is 21.7. The van der Waals surface area contributed by atoms with E-state index in [2.05, 4.69) is 20.6 Å². The second-order valence-corrected chi connectivity index (χ2v) is 8.65. The van der Waals surface area contributed by atoms with E-state index >= 15 is 0 Å². The number of amides is 1. The minimum absolute atomic E-state index is 0.0264. The summed E-state index contributed by atoms with van der Waals surface area (Å²) in [4.78, 5) is 23.6. The lowest BCUT2D eigenvalue weighted by Crippen LogP contribution is -2.36. The van der Waals surface area contributed by atoms with E-state index in [9.17, 15) is 4.79 Å². The van der Waals surface area contributed by atoms with Crippen molar-refractivity contribution in [3.63, 3.8) is 0 Å². The third-order valence-electron chi connectivity index (χ3n) is 5.12. The predicted octanol–water partition coefficient (Wildman–Crippen LogP) is 4.44. The van der Waals surface area contributed by atoms with Gasteiger partial charge in [0.05, 0.1) is 0 Å². The molecule has 0 unspecified atom stereocenters. The standard InChI is InChI=1S/C21H27Cl2N5O/c1-13-8-19(28(2)3)27-21(25-13)26-18-6-4-15(5-7-18)20(29)24-12-14-9-16(22)11-17(23)10-14/h8-11,15,18H,4-7,12H2,1-3H3,(H,24,29)(H,25,26,27). The van der Waals surface area contributed by atoms with Gasteiger partial charge in [-0.05, 0) is 56.4 Å². The predicted molar refractivity (Wildman–Crippen MR) is 119 cm³/mol. The van der Waals surface area contributed by atoms with Crippen molar-refractivity contribution in [3.05, 3.63) is 45.6 Å². The van der Waals surface area contributed by atoms with E-state index in [1.54, 1.807) is 6.07 Å². The van der Waals surface area contributed by atoms with Gasteiger partial charge in [0.25, 0.3) is 0 Å². The van der Waals surface area contributed by atoms with Crippen LogP contribution < -0.4 is 15.5 Å². The van der Waals surface area contributed by atoms with Crippen LogP contribution in [0, 0.1) is 12.8 Å². The van der Waals surface area contributed by atoms with Crippen LogP contribution in [-0.2, 0) is 11.3 Å². The smallest absolute Gasteiger partial charge is 0.225 e. The number of anilines is 2. The van der Waals surface area contributed by atoms with Crippen molar-refractivity contribution in [3.8, 4) is 0 Å². The van der Waals surface area contributed by atoms with Crippen LogP contribution in [0.1, 0.15) is 36.9 Å². The Morgan fingerprint density at radius 3 is 2.34 bits per heavy atom. The van der Waals surface area contributed by atoms with Crippen LogP contribution >= 0.6 is 23.2 Å². The van der Waals surface area contributed by atoms with Crippen molar-refractivity contribution >= 4 is 40.9 Å². The molecule has 0 aliphatic heterocycles. The van der Waals surface area contributed by atoms with Gasteiger partial charge in [0.15, 0.2) is 0 Å². The molecule has 1 heterocycles. The number of carbonyl (C=O) groups is 1. The van der Waals surface area contributed by atoms with Crippen molar-refractivity contribution in [1.82, 2.24) is 15.3 Å². The van der Waals surface area contributed by atoms with Gasteiger partial charge >= 0.3 is 0 Å². The summed E-state index contributed by atoms with van der Waals surface area (Å²) in [6, 6.07) is 7.56. The highest BCUT2D eigenvalue weighted by molar-refractivity contribution is 6.34. The van der Waals surface area contributed by atoms with E-state index in [-0.39, 0.29) is 17.9 Å². The average molecular weight is 436 g/mol. The monoisotopic (exact) mass is 435 g/mol. The largest absolute Gasteiger partial charge is 0.363 e. The molecule has 1 aliphatic rings. The molecule has 1 amide bonds. The van der Waals surface area contributed by atoms with Gasteiger partial charge in [-0.2, -0.15) is 4.98 Å². The maximum absolute atomic E-state index is 12.5. The van der Waals surface area contributed by atoms with Gasteiger partial charge in [0, 0.05) is 54.4 Å². The number of hydrogen-bond acceptors (Lipinski definition) is 5. The summed E-state index contributed by atoms with van der Waals surface area (Å²) in [5.74, 6) is 1.65. The van der Waals surface area contributed by atoms with Crippen LogP contribution in [0.3, 0.4) is 0 Å². The molecule has 2 N–H and O–H groups in total. The van der Waals surface area contributed by atoms with Crippen molar-refractivity contribution in [1.29, 1.82) is 0 Å². The van der Waals surface area contributed by atoms with Crippen molar-refractivity contribution in [2.75, 3.05) is 24.3 Å². The topological polar surface area (TPSA) is 70.2 Å². The van der Waals surface area contributed by atoms with Gasteiger partial charge in [0.1, 0.15) is 5.82 Å². The molecule has 2 aromatic rings. The van der Waals surface area contributed by atoms with Gasteiger partial charge in [-0.1, -0.05) is 23.2 Å². The van der Waals surface area contributed by atoms with Crippen LogP contribution in [0.4, 0.5) is 11.8 Å². The van der Waals surface area contributed by atoms with Crippen molar-refractivity contribution in [2.45, 2.75) is 45.2 Å². The van der Waals surface area contributed by atoms with Gasteiger partial charge in [0.2, 0.25) is 11.9 Å². The third kappa shape index (κ3) is 6.21. The lowest BCUT2D eigenvalue weighted by atomic mass is 9.85. The summed E-state index contributed by atoms with van der Waals surface area (Å²) < 4.78 is 0. The lowest BCUT2D eigenvalue weighted by Gasteiger charge is -2.28. The first-order valence-corrected chi connectivity index (χ1v) is 10.6. The molecule has 0 atom stereocenters. The van der Waals surface area contributed by atoms with Crippen molar-refractivity contribution < 1.29 is 4.79 Å². The molecule has 1 fully saturated rings. The second-order valence-electron chi connectivity index (χ2n) is 7.77. The zero-order valence-electron chi connectivity index (χ0n) is 17.0. The molecule has 3 rings (SSSR count). The Morgan fingerprint density at radius 2 is 1.72 bits per heavy atom. The fourth-order valence-corrected chi connectivity index (χ4v) is 4.15. The van der Waals surface area contributed by atoms with Crippen LogP contribution in [0.25, 0.3) is 0 Å². The van der Waals surface area contributed by atoms with Gasteiger partial charge in [-0.15, -0.1) is 0 Å². The number of aromatic nitrogens is 2. The first-order chi connectivity index (χ1) is 13.8. The van der Waals surface area contributed by atoms with Crippen LogP contribution in [0.2, 0.25) is 10.0 Å². The van der Waals surface area contributed by atoms with Crippen LogP contribution in [-0.4, -0.2) is 36.0 Å². The fraction of sp³-hybridized carbons (Fsp3) is 0.476. The summed E-state index contributed by atoms with van der Waals surface area (Å²) in [7, 11) is 3.93. The summed E-state index contributed by atoms with van der Waals surface area (Å²) in [6.07, 6.45) is 3.50. The summed E-state index contributed by atoms with van der Waals surface area (Å²) in [5, 5.41) is 7.59. The Balaban J connectivity index is 1.49. The molecule has 29 heavy (non-hydrogen) atoms. The highest BCUT2D eigenvalue weighted by atomic mass is 35.5. The molecule has 1 aromatic carbocycles. The van der Waals surface area contributed by atoms with Gasteiger partial charge in [-0.25, -0.2) is 4.98 Å². The normalized spacial score (nSPS) is 18.9. The Labute approximate surface area is 182 Å². The number of carbonyl (C=O) groups excluding carboxylic acids is 1. The van der Waals surface area contributed by atoms with E-state index in [4.69, 9.17) is 23.2 Å². The zero-order valence-corrected chi connectivity index (χ0v) is 18.5. The van der Waals surface area contributed by atoms with Crippen LogP contribution in [0.15, 0.2) is 24.3 Å². The van der Waals surface area contributed by atoms with E-state index in [0.29, 0.717) is 22.5 Å². The Morgan fingerprint density at radius 1 is 1.07 bits per heavy atom. The number of hydrogen-bond donors (Lipinski definition) is 2. The molecule has 156 valence electrons. The molecule has 0 bridgehead atoms. The molecule has 1 saturated carbocycles. The number of nitrogens with one attached hydrogen (secondary N) is 2. The molecule has 6 nitrogen and oxygen atoms in total. The zero-order chi connectivity index (χ0) is 21.0. The number of benzene rings is 1. The third-order valence-corrected chi connectivity index (χ3v) is 5.56. The molecule has 1 aliphatic carbocycles. The van der Waals surface area contributed by atoms with Crippen molar-refractivity contribution in [2.24, 2.45) is 5.92 Å². The summed E-state index contributed by atoms with van der Waals surface area (Å²) in [5.41, 5.74) is 1.83. The SMILES string of the molecule is Cc1cc(N(C)C)nc(NC2CCC(C(=O)NCc3cc(Cl)cc(Cl)c3)CC2)n1. The van der Waals surface area contributed by atoms with Gasteiger partial charge in [-0.3, -0.25) is 4.79 Å². The first-order valence-electron chi connectivity index (χ1n) is 9.82. The molecule has 0 spiro atoms. The quantitative estimate of drug-likeness (QED) is 0.701. The molecular weight excluding hydrogens is 409 g/mol. The maximum Gasteiger partial charge on any atom is 0.225 e.